The second-order valence-corrected chi connectivity index (χ2v) is 6.53. The number of nitrogens with one attached hydrogen (secondary N) is 1. The van der Waals surface area contributed by atoms with Gasteiger partial charge in [-0.3, -0.25) is 0 Å². The van der Waals surface area contributed by atoms with Gasteiger partial charge in [0.2, 0.25) is 0 Å². The molecular formula is C19H21FN2O2. The minimum absolute atomic E-state index is 0.104. The summed E-state index contributed by atoms with van der Waals surface area (Å²) in [6.45, 7) is 0.670. The summed E-state index contributed by atoms with van der Waals surface area (Å²) in [7, 11) is 1.73. The molecule has 5 heteroatoms. The zero-order chi connectivity index (χ0) is 17.2. The van der Waals surface area contributed by atoms with Crippen LogP contribution in [0.4, 0.5) is 14.9 Å². The van der Waals surface area contributed by atoms with E-state index in [1.165, 1.54) is 12.1 Å². The number of aliphatic hydroxyl groups excluding tert-OH is 1. The number of aliphatic hydroxyl groups is 1. The van der Waals surface area contributed by atoms with Crippen LogP contribution in [0.15, 0.2) is 48.5 Å². The Morgan fingerprint density at radius 1 is 1.21 bits per heavy atom. The Morgan fingerprint density at radius 2 is 1.92 bits per heavy atom. The first-order chi connectivity index (χ1) is 11.5. The molecule has 4 nitrogen and oxygen atoms in total. The lowest BCUT2D eigenvalue weighted by Crippen LogP contribution is -2.37. The lowest BCUT2D eigenvalue weighted by molar-refractivity contribution is 0.168. The first kappa shape index (κ1) is 16.5. The van der Waals surface area contributed by atoms with Crippen molar-refractivity contribution in [3.63, 3.8) is 0 Å². The maximum atomic E-state index is 13.3. The zero-order valence-corrected chi connectivity index (χ0v) is 13.6. The summed E-state index contributed by atoms with van der Waals surface area (Å²) in [6, 6.07) is 13.5. The average molecular weight is 328 g/mol. The maximum Gasteiger partial charge on any atom is 0.321 e. The molecule has 0 unspecified atom stereocenters. The monoisotopic (exact) mass is 328 g/mol. The SMILES string of the molecule is CN(CC1(CO)CC1)C(=O)Nc1ccc(-c2cccc(F)c2)cc1. The van der Waals surface area contributed by atoms with Gasteiger partial charge in [0.25, 0.3) is 0 Å². The van der Waals surface area contributed by atoms with Crippen LogP contribution >= 0.6 is 0 Å². The second kappa shape index (κ2) is 6.61. The van der Waals surface area contributed by atoms with E-state index in [9.17, 15) is 14.3 Å². The molecule has 0 radical (unpaired) electrons. The molecule has 2 N–H and O–H groups in total. The summed E-state index contributed by atoms with van der Waals surface area (Å²) in [4.78, 5) is 13.8. The van der Waals surface area contributed by atoms with Crippen LogP contribution in [0.5, 0.6) is 0 Å². The molecule has 24 heavy (non-hydrogen) atoms. The molecule has 2 aromatic carbocycles. The molecule has 0 saturated heterocycles. The van der Waals surface area contributed by atoms with Gasteiger partial charge in [0, 0.05) is 24.7 Å². The van der Waals surface area contributed by atoms with Crippen LogP contribution in [0.1, 0.15) is 12.8 Å². The first-order valence-electron chi connectivity index (χ1n) is 8.00. The summed E-state index contributed by atoms with van der Waals surface area (Å²) in [5.41, 5.74) is 2.26. The van der Waals surface area contributed by atoms with Gasteiger partial charge in [-0.25, -0.2) is 9.18 Å². The number of carbonyl (C=O) groups excluding carboxylic acids is 1. The summed E-state index contributed by atoms with van der Waals surface area (Å²) in [5.74, 6) is -0.274. The van der Waals surface area contributed by atoms with Gasteiger partial charge in [-0.2, -0.15) is 0 Å². The fourth-order valence-corrected chi connectivity index (χ4v) is 2.75. The average Bonchev–Trinajstić information content (AvgIpc) is 3.35. The topological polar surface area (TPSA) is 52.6 Å². The van der Waals surface area contributed by atoms with Crippen LogP contribution in [0, 0.1) is 11.2 Å². The van der Waals surface area contributed by atoms with Crippen molar-refractivity contribution in [1.82, 2.24) is 4.90 Å². The highest BCUT2D eigenvalue weighted by molar-refractivity contribution is 5.89. The molecule has 0 heterocycles. The van der Waals surface area contributed by atoms with Gasteiger partial charge in [0.1, 0.15) is 5.82 Å². The van der Waals surface area contributed by atoms with E-state index in [0.29, 0.717) is 12.2 Å². The number of halogens is 1. The maximum absolute atomic E-state index is 13.3. The van der Waals surface area contributed by atoms with Crippen molar-refractivity contribution >= 4 is 11.7 Å². The summed E-state index contributed by atoms with van der Waals surface area (Å²) in [5, 5.41) is 12.2. The molecule has 0 aromatic heterocycles. The van der Waals surface area contributed by atoms with E-state index in [-0.39, 0.29) is 23.9 Å². The Morgan fingerprint density at radius 3 is 2.50 bits per heavy atom. The van der Waals surface area contributed by atoms with E-state index in [0.717, 1.165) is 24.0 Å². The summed E-state index contributed by atoms with van der Waals surface area (Å²) < 4.78 is 13.3. The van der Waals surface area contributed by atoms with E-state index in [1.807, 2.05) is 18.2 Å². The quantitative estimate of drug-likeness (QED) is 0.879. The number of carbonyl (C=O) groups is 1. The summed E-state index contributed by atoms with van der Waals surface area (Å²) in [6.07, 6.45) is 1.92. The molecule has 0 atom stereocenters. The largest absolute Gasteiger partial charge is 0.396 e. The van der Waals surface area contributed by atoms with E-state index in [4.69, 9.17) is 0 Å². The minimum Gasteiger partial charge on any atom is -0.396 e. The van der Waals surface area contributed by atoms with Gasteiger partial charge < -0.3 is 15.3 Å². The molecule has 0 bridgehead atoms. The third-order valence-electron chi connectivity index (χ3n) is 4.51. The molecule has 3 rings (SSSR count). The standard InChI is InChI=1S/C19H21FN2O2/c1-22(12-19(13-23)9-10-19)18(24)21-17-7-5-14(6-8-17)15-3-2-4-16(20)11-15/h2-8,11,23H,9-10,12-13H2,1H3,(H,21,24). The number of urea groups is 1. The Labute approximate surface area is 140 Å². The summed E-state index contributed by atoms with van der Waals surface area (Å²) >= 11 is 0. The van der Waals surface area contributed by atoms with Gasteiger partial charge in [-0.15, -0.1) is 0 Å². The highest BCUT2D eigenvalue weighted by Crippen LogP contribution is 2.45. The normalized spacial score (nSPS) is 15.0. The Hall–Kier alpha value is -2.40. The van der Waals surface area contributed by atoms with Crippen molar-refractivity contribution in [3.8, 4) is 11.1 Å². The van der Waals surface area contributed by atoms with Crippen LogP contribution < -0.4 is 5.32 Å². The number of benzene rings is 2. The molecule has 1 aliphatic rings. The van der Waals surface area contributed by atoms with E-state index in [2.05, 4.69) is 5.32 Å². The number of hydrogen-bond donors (Lipinski definition) is 2. The number of nitrogens with zero attached hydrogens (tertiary/aromatic N) is 1. The predicted octanol–water partition coefficient (Wildman–Crippen LogP) is 3.73. The number of hydrogen-bond acceptors (Lipinski definition) is 2. The number of rotatable bonds is 5. The minimum atomic E-state index is -0.274. The Balaban J connectivity index is 1.62. The zero-order valence-electron chi connectivity index (χ0n) is 13.6. The van der Waals surface area contributed by atoms with Crippen molar-refractivity contribution in [3.05, 3.63) is 54.3 Å². The van der Waals surface area contributed by atoms with E-state index >= 15 is 0 Å². The van der Waals surface area contributed by atoms with Crippen molar-refractivity contribution < 1.29 is 14.3 Å². The molecule has 2 amide bonds. The number of amides is 2. The van der Waals surface area contributed by atoms with Crippen LogP contribution in [0.3, 0.4) is 0 Å². The lowest BCUT2D eigenvalue weighted by atomic mass is 10.1. The number of anilines is 1. The molecule has 0 aliphatic heterocycles. The first-order valence-corrected chi connectivity index (χ1v) is 8.00. The Kier molecular flexibility index (Phi) is 4.53. The van der Waals surface area contributed by atoms with Gasteiger partial charge >= 0.3 is 6.03 Å². The molecule has 1 saturated carbocycles. The van der Waals surface area contributed by atoms with Crippen LogP contribution in [-0.4, -0.2) is 36.2 Å². The third-order valence-corrected chi connectivity index (χ3v) is 4.51. The fraction of sp³-hybridized carbons (Fsp3) is 0.316. The van der Waals surface area contributed by atoms with Gasteiger partial charge in [0.15, 0.2) is 0 Å². The van der Waals surface area contributed by atoms with Crippen LogP contribution in [-0.2, 0) is 0 Å². The van der Waals surface area contributed by atoms with Crippen molar-refractivity contribution in [2.45, 2.75) is 12.8 Å². The van der Waals surface area contributed by atoms with Crippen molar-refractivity contribution in [1.29, 1.82) is 0 Å². The van der Waals surface area contributed by atoms with Gasteiger partial charge in [-0.05, 0) is 48.2 Å². The van der Waals surface area contributed by atoms with Crippen molar-refractivity contribution in [2.75, 3.05) is 25.5 Å². The van der Waals surface area contributed by atoms with Crippen LogP contribution in [0.25, 0.3) is 11.1 Å². The third kappa shape index (κ3) is 3.74. The highest BCUT2D eigenvalue weighted by atomic mass is 19.1. The van der Waals surface area contributed by atoms with E-state index in [1.54, 1.807) is 30.1 Å². The molecule has 126 valence electrons. The van der Waals surface area contributed by atoms with Crippen molar-refractivity contribution in [2.24, 2.45) is 5.41 Å². The Bertz CT molecular complexity index is 726. The predicted molar refractivity (Wildman–Crippen MR) is 92.2 cm³/mol. The van der Waals surface area contributed by atoms with Gasteiger partial charge in [0.05, 0.1) is 6.61 Å². The molecule has 0 spiro atoms. The fourth-order valence-electron chi connectivity index (χ4n) is 2.75. The second-order valence-electron chi connectivity index (χ2n) is 6.53. The molecule has 2 aromatic rings. The van der Waals surface area contributed by atoms with Gasteiger partial charge in [-0.1, -0.05) is 24.3 Å². The molecular weight excluding hydrogens is 307 g/mol. The smallest absolute Gasteiger partial charge is 0.321 e. The molecule has 1 fully saturated rings. The lowest BCUT2D eigenvalue weighted by Gasteiger charge is -2.22. The highest BCUT2D eigenvalue weighted by Gasteiger charge is 2.43. The van der Waals surface area contributed by atoms with E-state index < -0.39 is 0 Å². The molecule has 1 aliphatic carbocycles. The van der Waals surface area contributed by atoms with Crippen LogP contribution in [0.2, 0.25) is 0 Å².